The third-order valence-electron chi connectivity index (χ3n) is 4.49. The van der Waals surface area contributed by atoms with Crippen molar-refractivity contribution in [2.45, 2.75) is 45.1 Å². The van der Waals surface area contributed by atoms with Gasteiger partial charge in [-0.1, -0.05) is 0 Å². The number of fused-ring (bicyclic) bond motifs is 1. The Morgan fingerprint density at radius 3 is 3.00 bits per heavy atom. The standard InChI is InChI=1S/C17H23N3O2/c1-11-9-13(7-8-18-11)17(22)19-14-5-6-15-12(10-14)3-2-4-16(21)20-15/h5-6,10-11,13,18H,2-4,7-9H2,1H3,(H,19,22)(H,20,21)/t11-,13-/m0/s1. The normalized spacial score (nSPS) is 24.9. The summed E-state index contributed by atoms with van der Waals surface area (Å²) in [4.78, 5) is 24.0. The topological polar surface area (TPSA) is 70.2 Å². The summed E-state index contributed by atoms with van der Waals surface area (Å²) < 4.78 is 0. The Bertz CT molecular complexity index is 585. The molecule has 2 heterocycles. The fourth-order valence-electron chi connectivity index (χ4n) is 3.27. The van der Waals surface area contributed by atoms with Gasteiger partial charge < -0.3 is 16.0 Å². The van der Waals surface area contributed by atoms with Crippen molar-refractivity contribution >= 4 is 23.2 Å². The summed E-state index contributed by atoms with van der Waals surface area (Å²) in [6.45, 7) is 3.01. The largest absolute Gasteiger partial charge is 0.326 e. The van der Waals surface area contributed by atoms with E-state index in [9.17, 15) is 9.59 Å². The minimum atomic E-state index is 0.0687. The minimum absolute atomic E-state index is 0.0687. The Morgan fingerprint density at radius 1 is 1.32 bits per heavy atom. The van der Waals surface area contributed by atoms with E-state index in [0.29, 0.717) is 12.5 Å². The molecule has 2 aliphatic rings. The first-order valence-electron chi connectivity index (χ1n) is 8.09. The van der Waals surface area contributed by atoms with Crippen LogP contribution in [0, 0.1) is 5.92 Å². The van der Waals surface area contributed by atoms with Crippen LogP contribution in [0.2, 0.25) is 0 Å². The minimum Gasteiger partial charge on any atom is -0.326 e. The molecule has 0 aliphatic carbocycles. The van der Waals surface area contributed by atoms with Crippen molar-refractivity contribution in [3.8, 4) is 0 Å². The van der Waals surface area contributed by atoms with E-state index in [1.807, 2.05) is 18.2 Å². The first kappa shape index (κ1) is 15.0. The van der Waals surface area contributed by atoms with Crippen molar-refractivity contribution in [1.29, 1.82) is 0 Å². The van der Waals surface area contributed by atoms with Gasteiger partial charge in [-0.2, -0.15) is 0 Å². The highest BCUT2D eigenvalue weighted by Gasteiger charge is 2.25. The van der Waals surface area contributed by atoms with E-state index >= 15 is 0 Å². The van der Waals surface area contributed by atoms with Gasteiger partial charge in [-0.25, -0.2) is 0 Å². The van der Waals surface area contributed by atoms with Crippen LogP contribution >= 0.6 is 0 Å². The predicted octanol–water partition coefficient (Wildman–Crippen LogP) is 2.29. The molecule has 0 radical (unpaired) electrons. The van der Waals surface area contributed by atoms with Gasteiger partial charge in [-0.05, 0) is 62.9 Å². The highest BCUT2D eigenvalue weighted by molar-refractivity contribution is 5.95. The van der Waals surface area contributed by atoms with Gasteiger partial charge in [0, 0.05) is 29.8 Å². The van der Waals surface area contributed by atoms with Crippen LogP contribution in [0.1, 0.15) is 38.2 Å². The van der Waals surface area contributed by atoms with Gasteiger partial charge in [0.15, 0.2) is 0 Å². The molecule has 0 unspecified atom stereocenters. The Hall–Kier alpha value is -1.88. The SMILES string of the molecule is C[C@H]1C[C@@H](C(=O)Nc2ccc3c(c2)CCCC(=O)N3)CCN1. The third-order valence-corrected chi connectivity index (χ3v) is 4.49. The smallest absolute Gasteiger partial charge is 0.227 e. The van der Waals surface area contributed by atoms with Crippen molar-refractivity contribution in [2.75, 3.05) is 17.2 Å². The molecule has 22 heavy (non-hydrogen) atoms. The second-order valence-corrected chi connectivity index (χ2v) is 6.34. The summed E-state index contributed by atoms with van der Waals surface area (Å²) in [5, 5.41) is 9.31. The molecule has 0 bridgehead atoms. The number of carbonyl (C=O) groups is 2. The number of benzene rings is 1. The lowest BCUT2D eigenvalue weighted by molar-refractivity contribution is -0.121. The van der Waals surface area contributed by atoms with Crippen LogP contribution in [0.4, 0.5) is 11.4 Å². The molecule has 2 amide bonds. The summed E-state index contributed by atoms with van der Waals surface area (Å²) >= 11 is 0. The number of hydrogen-bond donors (Lipinski definition) is 3. The maximum Gasteiger partial charge on any atom is 0.227 e. The molecule has 5 nitrogen and oxygen atoms in total. The van der Waals surface area contributed by atoms with Gasteiger partial charge in [0.1, 0.15) is 0 Å². The van der Waals surface area contributed by atoms with Crippen LogP contribution in [0.15, 0.2) is 18.2 Å². The molecular formula is C17H23N3O2. The lowest BCUT2D eigenvalue weighted by Gasteiger charge is -2.27. The van der Waals surface area contributed by atoms with Crippen LogP contribution in [0.5, 0.6) is 0 Å². The molecule has 0 spiro atoms. The second kappa shape index (κ2) is 6.48. The number of anilines is 2. The van der Waals surface area contributed by atoms with E-state index in [1.54, 1.807) is 0 Å². The number of amides is 2. The van der Waals surface area contributed by atoms with Crippen LogP contribution in [-0.2, 0) is 16.0 Å². The Morgan fingerprint density at radius 2 is 2.18 bits per heavy atom. The van der Waals surface area contributed by atoms with Crippen molar-refractivity contribution in [3.05, 3.63) is 23.8 Å². The molecule has 5 heteroatoms. The first-order chi connectivity index (χ1) is 10.6. The molecule has 1 aromatic carbocycles. The lowest BCUT2D eigenvalue weighted by atomic mass is 9.92. The van der Waals surface area contributed by atoms with Crippen LogP contribution < -0.4 is 16.0 Å². The zero-order valence-corrected chi connectivity index (χ0v) is 12.9. The van der Waals surface area contributed by atoms with Crippen molar-refractivity contribution in [3.63, 3.8) is 0 Å². The highest BCUT2D eigenvalue weighted by atomic mass is 16.2. The van der Waals surface area contributed by atoms with E-state index in [0.717, 1.165) is 49.2 Å². The third kappa shape index (κ3) is 3.47. The highest BCUT2D eigenvalue weighted by Crippen LogP contribution is 2.26. The molecular weight excluding hydrogens is 278 g/mol. The zero-order chi connectivity index (χ0) is 15.5. The summed E-state index contributed by atoms with van der Waals surface area (Å²) in [6, 6.07) is 6.14. The fraction of sp³-hybridized carbons (Fsp3) is 0.529. The molecule has 118 valence electrons. The van der Waals surface area contributed by atoms with E-state index < -0.39 is 0 Å². The maximum atomic E-state index is 12.4. The van der Waals surface area contributed by atoms with Gasteiger partial charge >= 0.3 is 0 Å². The maximum absolute atomic E-state index is 12.4. The van der Waals surface area contributed by atoms with Gasteiger partial charge in [-0.15, -0.1) is 0 Å². The zero-order valence-electron chi connectivity index (χ0n) is 12.9. The summed E-state index contributed by atoms with van der Waals surface area (Å²) in [7, 11) is 0. The number of piperidine rings is 1. The number of hydrogen-bond acceptors (Lipinski definition) is 3. The molecule has 1 fully saturated rings. The summed E-state index contributed by atoms with van der Waals surface area (Å²) in [6.07, 6.45) is 4.04. The van der Waals surface area contributed by atoms with Crippen LogP contribution in [-0.4, -0.2) is 24.4 Å². The van der Waals surface area contributed by atoms with Crippen LogP contribution in [0.3, 0.4) is 0 Å². The van der Waals surface area contributed by atoms with Gasteiger partial charge in [-0.3, -0.25) is 9.59 Å². The second-order valence-electron chi connectivity index (χ2n) is 6.34. The van der Waals surface area contributed by atoms with Gasteiger partial charge in [0.2, 0.25) is 11.8 Å². The van der Waals surface area contributed by atoms with Crippen molar-refractivity contribution in [1.82, 2.24) is 5.32 Å². The predicted molar refractivity (Wildman–Crippen MR) is 86.8 cm³/mol. The number of aryl methyl sites for hydroxylation is 1. The van der Waals surface area contributed by atoms with Crippen LogP contribution in [0.25, 0.3) is 0 Å². The number of rotatable bonds is 2. The molecule has 0 saturated carbocycles. The Labute approximate surface area is 130 Å². The molecule has 3 N–H and O–H groups in total. The average molecular weight is 301 g/mol. The van der Waals surface area contributed by atoms with E-state index in [1.165, 1.54) is 0 Å². The molecule has 2 atom stereocenters. The quantitative estimate of drug-likeness (QED) is 0.785. The van der Waals surface area contributed by atoms with E-state index in [2.05, 4.69) is 22.9 Å². The summed E-state index contributed by atoms with van der Waals surface area (Å²) in [5.74, 6) is 0.250. The summed E-state index contributed by atoms with van der Waals surface area (Å²) in [5.41, 5.74) is 2.80. The van der Waals surface area contributed by atoms with E-state index in [-0.39, 0.29) is 17.7 Å². The van der Waals surface area contributed by atoms with Gasteiger partial charge in [0.25, 0.3) is 0 Å². The molecule has 0 aromatic heterocycles. The Balaban J connectivity index is 1.69. The Kier molecular flexibility index (Phi) is 4.43. The molecule has 2 aliphatic heterocycles. The lowest BCUT2D eigenvalue weighted by Crippen LogP contribution is -2.40. The molecule has 1 aromatic rings. The first-order valence-corrected chi connectivity index (χ1v) is 8.09. The number of nitrogens with one attached hydrogen (secondary N) is 3. The number of carbonyl (C=O) groups excluding carboxylic acids is 2. The van der Waals surface area contributed by atoms with Crippen molar-refractivity contribution < 1.29 is 9.59 Å². The fourth-order valence-corrected chi connectivity index (χ4v) is 3.27. The van der Waals surface area contributed by atoms with Gasteiger partial charge in [0.05, 0.1) is 0 Å². The van der Waals surface area contributed by atoms with E-state index in [4.69, 9.17) is 0 Å². The average Bonchev–Trinajstić information content (AvgIpc) is 2.67. The monoisotopic (exact) mass is 301 g/mol. The van der Waals surface area contributed by atoms with Crippen molar-refractivity contribution in [2.24, 2.45) is 5.92 Å². The molecule has 1 saturated heterocycles. The molecule has 3 rings (SSSR count).